The van der Waals surface area contributed by atoms with Crippen molar-refractivity contribution in [1.29, 1.82) is 0 Å². The number of imide groups is 1. The highest BCUT2D eigenvalue weighted by atomic mass is 19.4. The lowest BCUT2D eigenvalue weighted by Crippen LogP contribution is -2.51. The Morgan fingerprint density at radius 3 is 2.50 bits per heavy atom. The Hall–Kier alpha value is -5.32. The minimum Gasteiger partial charge on any atom is -0.494 e. The van der Waals surface area contributed by atoms with Crippen LogP contribution in [-0.2, 0) is 43.1 Å². The molecular formula is C37H43F3N8O6. The van der Waals surface area contributed by atoms with Crippen LogP contribution in [0.15, 0.2) is 47.6 Å². The number of amidine groups is 1. The fourth-order valence-electron chi connectivity index (χ4n) is 6.95. The molecule has 0 saturated carbocycles. The number of carbonyl (C=O) groups excluding carboxylic acids is 4. The summed E-state index contributed by atoms with van der Waals surface area (Å²) in [5.74, 6) is -0.391. The van der Waals surface area contributed by atoms with Crippen molar-refractivity contribution in [3.05, 3.63) is 70.8 Å². The Morgan fingerprint density at radius 2 is 1.78 bits per heavy atom. The third kappa shape index (κ3) is 9.42. The largest absolute Gasteiger partial charge is 0.494 e. The van der Waals surface area contributed by atoms with E-state index < -0.39 is 23.9 Å². The number of alkyl halides is 3. The van der Waals surface area contributed by atoms with E-state index in [0.29, 0.717) is 75.0 Å². The molecule has 2 saturated heterocycles. The highest BCUT2D eigenvalue weighted by Crippen LogP contribution is 2.32. The molecule has 0 radical (unpaired) electrons. The van der Waals surface area contributed by atoms with E-state index in [2.05, 4.69) is 43.0 Å². The Balaban J connectivity index is 0.877. The van der Waals surface area contributed by atoms with E-state index in [1.54, 1.807) is 12.1 Å². The zero-order chi connectivity index (χ0) is 38.2. The number of unbranched alkanes of at least 4 members (excludes halogenated alkanes) is 1. The van der Waals surface area contributed by atoms with E-state index in [4.69, 9.17) is 9.47 Å². The third-order valence-electron chi connectivity index (χ3n) is 9.91. The molecule has 4 amide bonds. The molecule has 4 heterocycles. The van der Waals surface area contributed by atoms with Gasteiger partial charge in [0.1, 0.15) is 24.2 Å². The number of anilines is 1. The lowest BCUT2D eigenvalue weighted by Gasteiger charge is -2.35. The molecule has 3 aliphatic heterocycles. The van der Waals surface area contributed by atoms with Crippen LogP contribution in [-0.4, -0.2) is 93.6 Å². The van der Waals surface area contributed by atoms with Crippen LogP contribution in [0.3, 0.4) is 0 Å². The summed E-state index contributed by atoms with van der Waals surface area (Å²) in [6, 6.07) is 12.6. The smallest absolute Gasteiger partial charge is 0.453 e. The van der Waals surface area contributed by atoms with Crippen molar-refractivity contribution >= 4 is 35.7 Å². The van der Waals surface area contributed by atoms with Crippen LogP contribution < -0.4 is 15.4 Å². The van der Waals surface area contributed by atoms with Crippen molar-refractivity contribution in [1.82, 2.24) is 30.0 Å². The highest BCUT2D eigenvalue weighted by Gasteiger charge is 2.40. The molecule has 1 unspecified atom stereocenters. The van der Waals surface area contributed by atoms with Gasteiger partial charge in [-0.25, -0.2) is 0 Å². The van der Waals surface area contributed by atoms with Crippen molar-refractivity contribution < 1.29 is 41.8 Å². The number of hydrogen-bond donors (Lipinski definition) is 2. The molecule has 3 aliphatic rings. The molecule has 1 atom stereocenters. The van der Waals surface area contributed by atoms with Crippen LogP contribution in [0.2, 0.25) is 0 Å². The lowest BCUT2D eigenvalue weighted by atomic mass is 9.89. The SMILES string of the molecule is Cc1cccc(NC(=O)COCCCCOc2ccc(C3CCN(C4=Nn5c(nnc5C(F)(F)F)CC4)CC3)cc2)c1CN(C=O)C1CCC(=O)NC1=O. The van der Waals surface area contributed by atoms with Crippen molar-refractivity contribution in [2.45, 2.75) is 83.0 Å². The number of carbonyl (C=O) groups is 4. The van der Waals surface area contributed by atoms with E-state index in [9.17, 15) is 32.3 Å². The average Bonchev–Trinajstić information content (AvgIpc) is 3.60. The first-order valence-corrected chi connectivity index (χ1v) is 18.1. The maximum atomic E-state index is 13.3. The van der Waals surface area contributed by atoms with E-state index >= 15 is 0 Å². The fourth-order valence-corrected chi connectivity index (χ4v) is 6.95. The first kappa shape index (κ1) is 38.4. The number of nitrogens with zero attached hydrogens (tertiary/aromatic N) is 6. The maximum absolute atomic E-state index is 13.3. The summed E-state index contributed by atoms with van der Waals surface area (Å²) >= 11 is 0. The van der Waals surface area contributed by atoms with Crippen LogP contribution in [0.4, 0.5) is 18.9 Å². The van der Waals surface area contributed by atoms with Crippen molar-refractivity contribution in [3.63, 3.8) is 0 Å². The van der Waals surface area contributed by atoms with Crippen molar-refractivity contribution in [3.8, 4) is 5.75 Å². The molecule has 0 bridgehead atoms. The molecule has 14 nitrogen and oxygen atoms in total. The number of aromatic nitrogens is 3. The van der Waals surface area contributed by atoms with Gasteiger partial charge in [0.2, 0.25) is 24.1 Å². The van der Waals surface area contributed by atoms with E-state index in [-0.39, 0.29) is 43.6 Å². The monoisotopic (exact) mass is 752 g/mol. The molecule has 0 aliphatic carbocycles. The number of benzene rings is 2. The number of amides is 4. The standard InChI is InChI=1S/C37H43F3N8O6/c1-24-5-4-6-29(28(24)21-47(23-49)30-11-14-33(50)42-35(30)52)41-34(51)22-53-19-2-3-20-54-27-9-7-25(8-10-27)26-15-17-46(18-16-26)32-13-12-31-43-44-36(37(38,39)40)48(31)45-32/h4-10,23,26,30H,2-3,11-22H2,1H3,(H,41,51)(H,42,50,52). The quantitative estimate of drug-likeness (QED) is 0.140. The van der Waals surface area contributed by atoms with E-state index in [1.165, 1.54) is 10.5 Å². The molecule has 0 spiro atoms. The third-order valence-corrected chi connectivity index (χ3v) is 9.91. The summed E-state index contributed by atoms with van der Waals surface area (Å²) in [6.07, 6.45) is 0.361. The van der Waals surface area contributed by atoms with Gasteiger partial charge < -0.3 is 24.6 Å². The second-order valence-electron chi connectivity index (χ2n) is 13.6. The lowest BCUT2D eigenvalue weighted by molar-refractivity contribution is -0.147. The summed E-state index contributed by atoms with van der Waals surface area (Å²) < 4.78 is 52.3. The van der Waals surface area contributed by atoms with Gasteiger partial charge in [-0.1, -0.05) is 24.3 Å². The first-order valence-electron chi connectivity index (χ1n) is 18.1. The second-order valence-corrected chi connectivity index (χ2v) is 13.6. The molecule has 2 N–H and O–H groups in total. The van der Waals surface area contributed by atoms with Gasteiger partial charge in [-0.2, -0.15) is 22.9 Å². The summed E-state index contributed by atoms with van der Waals surface area (Å²) in [5, 5.41) is 16.3. The second kappa shape index (κ2) is 17.2. The Labute approximate surface area is 310 Å². The topological polar surface area (TPSA) is 160 Å². The van der Waals surface area contributed by atoms with Gasteiger partial charge in [0.25, 0.3) is 5.82 Å². The van der Waals surface area contributed by atoms with Gasteiger partial charge in [0.15, 0.2) is 5.82 Å². The Bertz CT molecular complexity index is 1860. The van der Waals surface area contributed by atoms with Crippen LogP contribution in [0.25, 0.3) is 0 Å². The Morgan fingerprint density at radius 1 is 1.02 bits per heavy atom. The maximum Gasteiger partial charge on any atom is 0.453 e. The predicted molar refractivity (Wildman–Crippen MR) is 189 cm³/mol. The predicted octanol–water partition coefficient (Wildman–Crippen LogP) is 4.17. The fraction of sp³-hybridized carbons (Fsp3) is 0.486. The summed E-state index contributed by atoms with van der Waals surface area (Å²) in [4.78, 5) is 51.9. The summed E-state index contributed by atoms with van der Waals surface area (Å²) in [6.45, 7) is 4.02. The number of piperidine rings is 2. The summed E-state index contributed by atoms with van der Waals surface area (Å²) in [7, 11) is 0. The molecular weight excluding hydrogens is 709 g/mol. The van der Waals surface area contributed by atoms with Crippen LogP contribution in [0, 0.1) is 6.92 Å². The molecule has 2 fully saturated rings. The Kier molecular flexibility index (Phi) is 12.2. The number of aryl methyl sites for hydroxylation is 2. The molecule has 3 aromatic rings. The van der Waals surface area contributed by atoms with Crippen LogP contribution >= 0.6 is 0 Å². The van der Waals surface area contributed by atoms with Gasteiger partial charge in [-0.05, 0) is 79.8 Å². The van der Waals surface area contributed by atoms with Gasteiger partial charge in [-0.3, -0.25) is 24.5 Å². The number of rotatable bonds is 14. The normalized spacial score (nSPS) is 17.7. The van der Waals surface area contributed by atoms with Gasteiger partial charge in [0, 0.05) is 51.2 Å². The van der Waals surface area contributed by atoms with Crippen LogP contribution in [0.1, 0.15) is 79.2 Å². The van der Waals surface area contributed by atoms with Gasteiger partial charge >= 0.3 is 6.18 Å². The minimum absolute atomic E-state index is 0.0877. The molecule has 17 heteroatoms. The zero-order valence-electron chi connectivity index (χ0n) is 29.9. The number of ether oxygens (including phenoxy) is 2. The highest BCUT2D eigenvalue weighted by molar-refractivity contribution is 6.01. The number of halogens is 3. The number of fused-ring (bicyclic) bond motifs is 1. The average molecular weight is 753 g/mol. The van der Waals surface area contributed by atoms with E-state index in [0.717, 1.165) is 35.3 Å². The molecule has 2 aromatic carbocycles. The molecule has 288 valence electrons. The van der Waals surface area contributed by atoms with Crippen molar-refractivity contribution in [2.75, 3.05) is 38.2 Å². The van der Waals surface area contributed by atoms with Gasteiger partial charge in [0.05, 0.1) is 6.61 Å². The van der Waals surface area contributed by atoms with Crippen molar-refractivity contribution in [2.24, 2.45) is 5.10 Å². The molecule has 54 heavy (non-hydrogen) atoms. The van der Waals surface area contributed by atoms with Gasteiger partial charge in [-0.15, -0.1) is 10.2 Å². The minimum atomic E-state index is -4.61. The van der Waals surface area contributed by atoms with Crippen LogP contribution in [0.5, 0.6) is 5.75 Å². The first-order chi connectivity index (χ1) is 26.0. The number of likely N-dealkylation sites (tertiary alicyclic amines) is 1. The number of hydrogen-bond acceptors (Lipinski definition) is 10. The summed E-state index contributed by atoms with van der Waals surface area (Å²) in [5.41, 5.74) is 3.22. The van der Waals surface area contributed by atoms with E-state index in [1.807, 2.05) is 25.1 Å². The molecule has 1 aromatic heterocycles. The zero-order valence-corrected chi connectivity index (χ0v) is 29.9. The number of nitrogens with one attached hydrogen (secondary N) is 2. The molecule has 6 rings (SSSR count).